The highest BCUT2D eigenvalue weighted by Gasteiger charge is 2.20. The molecule has 2 aromatic rings. The lowest BCUT2D eigenvalue weighted by Crippen LogP contribution is -2.46. The highest BCUT2D eigenvalue weighted by Crippen LogP contribution is 2.21. The Hall–Kier alpha value is -2.54. The van der Waals surface area contributed by atoms with Crippen molar-refractivity contribution in [2.45, 2.75) is 6.54 Å². The minimum absolute atomic E-state index is 0.162. The van der Waals surface area contributed by atoms with Gasteiger partial charge < -0.3 is 15.1 Å². The van der Waals surface area contributed by atoms with Gasteiger partial charge in [0.05, 0.1) is 6.20 Å². The molecule has 0 aliphatic carbocycles. The largest absolute Gasteiger partial charge is 0.508 e. The van der Waals surface area contributed by atoms with Crippen LogP contribution in [-0.2, 0) is 6.54 Å². The predicted octanol–water partition coefficient (Wildman–Crippen LogP) is 1.14. The summed E-state index contributed by atoms with van der Waals surface area (Å²) in [6.07, 6.45) is 1.57. The van der Waals surface area contributed by atoms with Crippen molar-refractivity contribution in [3.05, 3.63) is 41.7 Å². The molecule has 0 bridgehead atoms. The summed E-state index contributed by atoms with van der Waals surface area (Å²) in [7, 11) is 0. The molecule has 7 heteroatoms. The molecule has 1 aliphatic heterocycles. The molecule has 3 N–H and O–H groups in total. The maximum atomic E-state index is 11.1. The van der Waals surface area contributed by atoms with Gasteiger partial charge in [-0.3, -0.25) is 10.00 Å². The molecule has 0 amide bonds. The van der Waals surface area contributed by atoms with E-state index < -0.39 is 5.97 Å². The summed E-state index contributed by atoms with van der Waals surface area (Å²) in [6.45, 7) is 3.92. The van der Waals surface area contributed by atoms with Crippen molar-refractivity contribution < 1.29 is 15.0 Å². The van der Waals surface area contributed by atoms with Gasteiger partial charge in [0.1, 0.15) is 11.4 Å². The van der Waals surface area contributed by atoms with Gasteiger partial charge >= 0.3 is 5.97 Å². The SMILES string of the molecule is O=C(O)c1[nH]ncc1CN1CCN(c2cccc(O)c2)CC1. The third-order valence-corrected chi connectivity index (χ3v) is 3.89. The minimum Gasteiger partial charge on any atom is -0.508 e. The zero-order valence-electron chi connectivity index (χ0n) is 12.1. The monoisotopic (exact) mass is 302 g/mol. The number of hydrogen-bond donors (Lipinski definition) is 3. The Morgan fingerprint density at radius 2 is 2.05 bits per heavy atom. The van der Waals surface area contributed by atoms with E-state index in [2.05, 4.69) is 20.0 Å². The lowest BCUT2D eigenvalue weighted by atomic mass is 10.2. The fraction of sp³-hybridized carbons (Fsp3) is 0.333. The molecule has 1 fully saturated rings. The lowest BCUT2D eigenvalue weighted by molar-refractivity contribution is 0.0688. The summed E-state index contributed by atoms with van der Waals surface area (Å²) >= 11 is 0. The third-order valence-electron chi connectivity index (χ3n) is 3.89. The van der Waals surface area contributed by atoms with Gasteiger partial charge in [0.15, 0.2) is 0 Å². The Kier molecular flexibility index (Phi) is 3.97. The van der Waals surface area contributed by atoms with Crippen molar-refractivity contribution in [2.75, 3.05) is 31.1 Å². The van der Waals surface area contributed by atoms with Crippen LogP contribution in [0.25, 0.3) is 0 Å². The third kappa shape index (κ3) is 3.04. The minimum atomic E-state index is -0.981. The van der Waals surface area contributed by atoms with Gasteiger partial charge in [-0.1, -0.05) is 6.07 Å². The zero-order chi connectivity index (χ0) is 15.5. The van der Waals surface area contributed by atoms with Crippen LogP contribution in [0.3, 0.4) is 0 Å². The van der Waals surface area contributed by atoms with Gasteiger partial charge in [0.2, 0.25) is 0 Å². The van der Waals surface area contributed by atoms with Gasteiger partial charge in [0, 0.05) is 50.0 Å². The summed E-state index contributed by atoms with van der Waals surface area (Å²) < 4.78 is 0. The fourth-order valence-electron chi connectivity index (χ4n) is 2.71. The van der Waals surface area contributed by atoms with Crippen molar-refractivity contribution in [3.8, 4) is 5.75 Å². The second-order valence-corrected chi connectivity index (χ2v) is 5.36. The van der Waals surface area contributed by atoms with Crippen molar-refractivity contribution in [1.82, 2.24) is 15.1 Å². The van der Waals surface area contributed by atoms with E-state index in [0.29, 0.717) is 12.1 Å². The number of anilines is 1. The lowest BCUT2D eigenvalue weighted by Gasteiger charge is -2.36. The summed E-state index contributed by atoms with van der Waals surface area (Å²) in [6, 6.07) is 7.23. The number of aromatic carboxylic acids is 1. The first kappa shape index (κ1) is 14.4. The van der Waals surface area contributed by atoms with Gasteiger partial charge in [-0.25, -0.2) is 4.79 Å². The number of aromatic hydroxyl groups is 1. The molecule has 1 aromatic carbocycles. The average Bonchev–Trinajstić information content (AvgIpc) is 2.96. The Morgan fingerprint density at radius 1 is 1.27 bits per heavy atom. The molecule has 3 rings (SSSR count). The molecule has 0 spiro atoms. The number of phenols is 1. The fourth-order valence-corrected chi connectivity index (χ4v) is 2.71. The van der Waals surface area contributed by atoms with E-state index >= 15 is 0 Å². The normalized spacial score (nSPS) is 15.9. The standard InChI is InChI=1S/C15H18N4O3/c20-13-3-1-2-12(8-13)19-6-4-18(5-7-19)10-11-9-16-17-14(11)15(21)22/h1-3,8-9,20H,4-7,10H2,(H,16,17)(H,21,22). The van der Waals surface area contributed by atoms with E-state index in [-0.39, 0.29) is 11.4 Å². The number of piperazine rings is 1. The topological polar surface area (TPSA) is 92.7 Å². The van der Waals surface area contributed by atoms with Crippen molar-refractivity contribution in [2.24, 2.45) is 0 Å². The maximum absolute atomic E-state index is 11.1. The first-order chi connectivity index (χ1) is 10.6. The number of nitrogens with zero attached hydrogens (tertiary/aromatic N) is 3. The molecule has 1 aromatic heterocycles. The van der Waals surface area contributed by atoms with E-state index in [4.69, 9.17) is 5.11 Å². The Labute approximate surface area is 127 Å². The molecular weight excluding hydrogens is 284 g/mol. The molecule has 1 aliphatic rings. The number of H-pyrrole nitrogens is 1. The number of rotatable bonds is 4. The predicted molar refractivity (Wildman–Crippen MR) is 81.1 cm³/mol. The first-order valence-corrected chi connectivity index (χ1v) is 7.15. The molecule has 2 heterocycles. The molecule has 0 radical (unpaired) electrons. The van der Waals surface area contributed by atoms with Crippen molar-refractivity contribution in [3.63, 3.8) is 0 Å². The zero-order valence-corrected chi connectivity index (χ0v) is 12.1. The number of phenolic OH excluding ortho intramolecular Hbond substituents is 1. The number of aromatic nitrogens is 2. The number of benzene rings is 1. The quantitative estimate of drug-likeness (QED) is 0.784. The molecule has 0 saturated carbocycles. The van der Waals surface area contributed by atoms with Crippen LogP contribution in [0.4, 0.5) is 5.69 Å². The number of hydrogen-bond acceptors (Lipinski definition) is 5. The Balaban J connectivity index is 1.60. The van der Waals surface area contributed by atoms with E-state index in [1.165, 1.54) is 0 Å². The number of carbonyl (C=O) groups is 1. The van der Waals surface area contributed by atoms with E-state index in [1.807, 2.05) is 12.1 Å². The van der Waals surface area contributed by atoms with Crippen LogP contribution >= 0.6 is 0 Å². The second kappa shape index (κ2) is 6.07. The Bertz CT molecular complexity index is 662. The van der Waals surface area contributed by atoms with Crippen LogP contribution in [-0.4, -0.2) is 57.5 Å². The van der Waals surface area contributed by atoms with Crippen LogP contribution in [0.1, 0.15) is 16.1 Å². The second-order valence-electron chi connectivity index (χ2n) is 5.36. The maximum Gasteiger partial charge on any atom is 0.354 e. The summed E-state index contributed by atoms with van der Waals surface area (Å²) in [5, 5.41) is 25.0. The highest BCUT2D eigenvalue weighted by atomic mass is 16.4. The molecule has 22 heavy (non-hydrogen) atoms. The molecular formula is C15H18N4O3. The summed E-state index contributed by atoms with van der Waals surface area (Å²) in [5.41, 5.74) is 1.88. The van der Waals surface area contributed by atoms with Gasteiger partial charge in [-0.05, 0) is 12.1 Å². The molecule has 0 unspecified atom stereocenters. The number of nitrogens with one attached hydrogen (secondary N) is 1. The van der Waals surface area contributed by atoms with Crippen molar-refractivity contribution in [1.29, 1.82) is 0 Å². The van der Waals surface area contributed by atoms with Crippen LogP contribution < -0.4 is 4.90 Å². The Morgan fingerprint density at radius 3 is 2.73 bits per heavy atom. The van der Waals surface area contributed by atoms with Gasteiger partial charge in [0.25, 0.3) is 0 Å². The highest BCUT2D eigenvalue weighted by molar-refractivity contribution is 5.86. The summed E-state index contributed by atoms with van der Waals surface area (Å²) in [4.78, 5) is 15.5. The summed E-state index contributed by atoms with van der Waals surface area (Å²) in [5.74, 6) is -0.713. The van der Waals surface area contributed by atoms with Crippen LogP contribution in [0.5, 0.6) is 5.75 Å². The van der Waals surface area contributed by atoms with Crippen LogP contribution in [0.15, 0.2) is 30.5 Å². The molecule has 0 atom stereocenters. The molecule has 1 saturated heterocycles. The number of aromatic amines is 1. The van der Waals surface area contributed by atoms with E-state index in [0.717, 1.165) is 31.9 Å². The van der Waals surface area contributed by atoms with Crippen LogP contribution in [0.2, 0.25) is 0 Å². The van der Waals surface area contributed by atoms with Gasteiger partial charge in [-0.15, -0.1) is 0 Å². The molecule has 7 nitrogen and oxygen atoms in total. The van der Waals surface area contributed by atoms with Crippen molar-refractivity contribution >= 4 is 11.7 Å². The van der Waals surface area contributed by atoms with E-state index in [9.17, 15) is 9.90 Å². The number of carboxylic acid groups (broad SMARTS) is 1. The average molecular weight is 302 g/mol. The van der Waals surface area contributed by atoms with E-state index in [1.54, 1.807) is 18.3 Å². The van der Waals surface area contributed by atoms with Gasteiger partial charge in [-0.2, -0.15) is 5.10 Å². The first-order valence-electron chi connectivity index (χ1n) is 7.15. The smallest absolute Gasteiger partial charge is 0.354 e. The van der Waals surface area contributed by atoms with Crippen LogP contribution in [0, 0.1) is 0 Å². The number of carboxylic acids is 1. The molecule has 116 valence electrons.